The highest BCUT2D eigenvalue weighted by Crippen LogP contribution is 2.32. The van der Waals surface area contributed by atoms with Crippen LogP contribution in [-0.4, -0.2) is 67.7 Å². The van der Waals surface area contributed by atoms with Crippen LogP contribution in [0.2, 0.25) is 0 Å². The molecule has 0 spiro atoms. The van der Waals surface area contributed by atoms with Crippen molar-refractivity contribution in [1.82, 2.24) is 15.1 Å². The quantitative estimate of drug-likeness (QED) is 0.613. The topological polar surface area (TPSA) is 79.5 Å². The minimum absolute atomic E-state index is 0.0561. The molecular formula is C21H26N4O4. The maximum atomic E-state index is 12.4. The summed E-state index contributed by atoms with van der Waals surface area (Å²) < 4.78 is 16.0. The molecule has 0 atom stereocenters. The molecule has 154 valence electrons. The number of piperazine rings is 1. The zero-order valence-corrected chi connectivity index (χ0v) is 16.6. The van der Waals surface area contributed by atoms with Gasteiger partial charge in [-0.2, -0.15) is 0 Å². The van der Waals surface area contributed by atoms with Gasteiger partial charge in [0.25, 0.3) is 5.91 Å². The molecule has 3 heterocycles. The Kier molecular flexibility index (Phi) is 5.88. The first kappa shape index (κ1) is 19.2. The minimum atomic E-state index is -0.0561. The van der Waals surface area contributed by atoms with E-state index >= 15 is 0 Å². The maximum Gasteiger partial charge on any atom is 0.289 e. The average Bonchev–Trinajstić information content (AvgIpc) is 3.44. The standard InChI is InChI=1S/C21H26N4O4/c1-2-22-21(23-8-7-16-5-6-17-19(14-16)29-15-28-17)25-11-9-24(10-12-25)20(26)18-4-3-13-27-18/h3-6,13-14H,2,7-12,15H2,1H3,(H,22,23). The van der Waals surface area contributed by atoms with Gasteiger partial charge in [0.1, 0.15) is 0 Å². The zero-order chi connectivity index (χ0) is 20.1. The van der Waals surface area contributed by atoms with E-state index in [2.05, 4.69) is 23.2 Å². The van der Waals surface area contributed by atoms with Gasteiger partial charge >= 0.3 is 0 Å². The van der Waals surface area contributed by atoms with Gasteiger partial charge in [-0.05, 0) is 43.2 Å². The number of hydrogen-bond donors (Lipinski definition) is 1. The molecule has 29 heavy (non-hydrogen) atoms. The summed E-state index contributed by atoms with van der Waals surface area (Å²) in [6.07, 6.45) is 2.35. The summed E-state index contributed by atoms with van der Waals surface area (Å²) in [4.78, 5) is 21.2. The van der Waals surface area contributed by atoms with E-state index in [1.807, 2.05) is 17.0 Å². The maximum absolute atomic E-state index is 12.4. The lowest BCUT2D eigenvalue weighted by molar-refractivity contribution is 0.0657. The second-order valence-corrected chi connectivity index (χ2v) is 6.93. The van der Waals surface area contributed by atoms with Crippen molar-refractivity contribution in [2.24, 2.45) is 4.99 Å². The van der Waals surface area contributed by atoms with Crippen molar-refractivity contribution in [3.8, 4) is 11.5 Å². The lowest BCUT2D eigenvalue weighted by Crippen LogP contribution is -2.53. The van der Waals surface area contributed by atoms with E-state index in [0.717, 1.165) is 43.5 Å². The number of nitrogens with zero attached hydrogens (tertiary/aromatic N) is 3. The largest absolute Gasteiger partial charge is 0.459 e. The Labute approximate surface area is 170 Å². The molecule has 0 unspecified atom stereocenters. The van der Waals surface area contributed by atoms with Crippen LogP contribution in [0.15, 0.2) is 46.0 Å². The van der Waals surface area contributed by atoms with Gasteiger partial charge < -0.3 is 29.0 Å². The molecule has 1 aromatic carbocycles. The monoisotopic (exact) mass is 398 g/mol. The van der Waals surface area contributed by atoms with Gasteiger partial charge in [0.05, 0.1) is 6.26 Å². The molecule has 2 aliphatic heterocycles. The van der Waals surface area contributed by atoms with Gasteiger partial charge in [0, 0.05) is 39.3 Å². The molecule has 0 radical (unpaired) electrons. The Morgan fingerprint density at radius 2 is 1.90 bits per heavy atom. The summed E-state index contributed by atoms with van der Waals surface area (Å²) in [6.45, 7) is 6.59. The van der Waals surface area contributed by atoms with Gasteiger partial charge in [-0.25, -0.2) is 0 Å². The van der Waals surface area contributed by atoms with Gasteiger partial charge in [-0.15, -0.1) is 0 Å². The number of guanidine groups is 1. The number of carbonyl (C=O) groups excluding carboxylic acids is 1. The predicted octanol–water partition coefficient (Wildman–Crippen LogP) is 1.97. The number of ether oxygens (including phenoxy) is 2. The molecule has 1 aromatic heterocycles. The summed E-state index contributed by atoms with van der Waals surface area (Å²) in [6, 6.07) is 9.45. The van der Waals surface area contributed by atoms with Crippen molar-refractivity contribution in [3.05, 3.63) is 47.9 Å². The van der Waals surface area contributed by atoms with Crippen LogP contribution in [0.25, 0.3) is 0 Å². The van der Waals surface area contributed by atoms with Crippen molar-refractivity contribution in [2.75, 3.05) is 46.1 Å². The zero-order valence-electron chi connectivity index (χ0n) is 16.6. The Morgan fingerprint density at radius 1 is 1.10 bits per heavy atom. The number of furan rings is 1. The average molecular weight is 398 g/mol. The van der Waals surface area contributed by atoms with Crippen molar-refractivity contribution in [1.29, 1.82) is 0 Å². The fourth-order valence-corrected chi connectivity index (χ4v) is 3.49. The first-order valence-corrected chi connectivity index (χ1v) is 9.99. The van der Waals surface area contributed by atoms with Crippen LogP contribution in [0.3, 0.4) is 0 Å². The van der Waals surface area contributed by atoms with Crippen LogP contribution in [0.1, 0.15) is 23.0 Å². The van der Waals surface area contributed by atoms with E-state index in [4.69, 9.17) is 18.9 Å². The van der Waals surface area contributed by atoms with Crippen molar-refractivity contribution in [3.63, 3.8) is 0 Å². The molecule has 1 saturated heterocycles. The smallest absolute Gasteiger partial charge is 0.289 e. The van der Waals surface area contributed by atoms with Crippen LogP contribution < -0.4 is 14.8 Å². The summed E-state index contributed by atoms with van der Waals surface area (Å²) in [7, 11) is 0. The highest BCUT2D eigenvalue weighted by molar-refractivity contribution is 5.91. The normalized spacial score (nSPS) is 16.2. The third-order valence-corrected chi connectivity index (χ3v) is 5.03. The van der Waals surface area contributed by atoms with Crippen molar-refractivity contribution >= 4 is 11.9 Å². The number of fused-ring (bicyclic) bond motifs is 1. The van der Waals surface area contributed by atoms with Crippen LogP contribution in [0, 0.1) is 0 Å². The van der Waals surface area contributed by atoms with E-state index in [9.17, 15) is 4.79 Å². The van der Waals surface area contributed by atoms with Crippen molar-refractivity contribution < 1.29 is 18.7 Å². The first-order valence-electron chi connectivity index (χ1n) is 9.99. The molecule has 0 saturated carbocycles. The second kappa shape index (κ2) is 8.89. The molecule has 8 heteroatoms. The molecular weight excluding hydrogens is 372 g/mol. The molecule has 1 N–H and O–H groups in total. The van der Waals surface area contributed by atoms with Crippen LogP contribution in [-0.2, 0) is 6.42 Å². The molecule has 1 fully saturated rings. The fraction of sp³-hybridized carbons (Fsp3) is 0.429. The van der Waals surface area contributed by atoms with E-state index < -0.39 is 0 Å². The van der Waals surface area contributed by atoms with Crippen LogP contribution in [0.4, 0.5) is 0 Å². The molecule has 8 nitrogen and oxygen atoms in total. The Morgan fingerprint density at radius 3 is 2.66 bits per heavy atom. The Balaban J connectivity index is 1.32. The number of benzene rings is 1. The van der Waals surface area contributed by atoms with Crippen molar-refractivity contribution in [2.45, 2.75) is 13.3 Å². The Hall–Kier alpha value is -3.16. The number of rotatable bonds is 5. The van der Waals surface area contributed by atoms with Gasteiger partial charge in [0.15, 0.2) is 23.2 Å². The van der Waals surface area contributed by atoms with Gasteiger partial charge in [-0.3, -0.25) is 9.79 Å². The molecule has 0 bridgehead atoms. The predicted molar refractivity (Wildman–Crippen MR) is 108 cm³/mol. The van der Waals surface area contributed by atoms with E-state index in [1.165, 1.54) is 11.8 Å². The lowest BCUT2D eigenvalue weighted by Gasteiger charge is -2.36. The highest BCUT2D eigenvalue weighted by Gasteiger charge is 2.25. The number of carbonyl (C=O) groups is 1. The molecule has 2 aromatic rings. The number of nitrogens with one attached hydrogen (secondary N) is 1. The highest BCUT2D eigenvalue weighted by atomic mass is 16.7. The van der Waals surface area contributed by atoms with E-state index in [0.29, 0.717) is 25.4 Å². The summed E-state index contributed by atoms with van der Waals surface area (Å²) in [5, 5.41) is 3.36. The number of hydrogen-bond acceptors (Lipinski definition) is 5. The lowest BCUT2D eigenvalue weighted by atomic mass is 10.1. The summed E-state index contributed by atoms with van der Waals surface area (Å²) in [5.74, 6) is 2.82. The van der Waals surface area contributed by atoms with Crippen LogP contribution >= 0.6 is 0 Å². The van der Waals surface area contributed by atoms with Gasteiger partial charge in [-0.1, -0.05) is 6.07 Å². The Bertz CT molecular complexity index is 858. The number of aliphatic imine (C=N–C) groups is 1. The molecule has 0 aliphatic carbocycles. The van der Waals surface area contributed by atoms with E-state index in [-0.39, 0.29) is 12.7 Å². The molecule has 1 amide bonds. The fourth-order valence-electron chi connectivity index (χ4n) is 3.49. The molecule has 4 rings (SSSR count). The third kappa shape index (κ3) is 4.47. The minimum Gasteiger partial charge on any atom is -0.459 e. The van der Waals surface area contributed by atoms with Crippen LogP contribution in [0.5, 0.6) is 11.5 Å². The SMILES string of the molecule is CCNC(=NCCc1ccc2c(c1)OCO2)N1CCN(C(=O)c2ccco2)CC1. The van der Waals surface area contributed by atoms with Gasteiger partial charge in [0.2, 0.25) is 6.79 Å². The third-order valence-electron chi connectivity index (χ3n) is 5.03. The summed E-state index contributed by atoms with van der Waals surface area (Å²) >= 11 is 0. The molecule has 2 aliphatic rings. The summed E-state index contributed by atoms with van der Waals surface area (Å²) in [5.41, 5.74) is 1.17. The first-order chi connectivity index (χ1) is 14.2. The number of amides is 1. The van der Waals surface area contributed by atoms with E-state index in [1.54, 1.807) is 12.1 Å². The second-order valence-electron chi connectivity index (χ2n) is 6.93.